The minimum absolute atomic E-state index is 0.637. The summed E-state index contributed by atoms with van der Waals surface area (Å²) in [5.41, 5.74) is 0. The number of ether oxygens (including phenoxy) is 2. The Kier molecular flexibility index (Phi) is 3.34. The van der Waals surface area contributed by atoms with Gasteiger partial charge >= 0.3 is 0 Å². The van der Waals surface area contributed by atoms with E-state index in [1.165, 1.54) is 0 Å². The minimum atomic E-state index is 0.637. The van der Waals surface area contributed by atoms with Gasteiger partial charge in [-0.2, -0.15) is 0 Å². The van der Waals surface area contributed by atoms with Crippen LogP contribution in [0.4, 0.5) is 5.82 Å². The number of pyridine rings is 1. The van der Waals surface area contributed by atoms with Crippen molar-refractivity contribution < 1.29 is 9.47 Å². The van der Waals surface area contributed by atoms with Gasteiger partial charge in [-0.1, -0.05) is 0 Å². The van der Waals surface area contributed by atoms with Gasteiger partial charge in [-0.3, -0.25) is 4.90 Å². The number of methoxy groups -OCH3 is 1. The third-order valence-electron chi connectivity index (χ3n) is 3.72. The maximum absolute atomic E-state index is 5.37. The number of hydrogen-bond donors (Lipinski definition) is 0. The fraction of sp³-hybridized carbons (Fsp3) is 0.615. The Balaban J connectivity index is 1.64. The third-order valence-corrected chi connectivity index (χ3v) is 3.72. The third kappa shape index (κ3) is 2.15. The van der Waals surface area contributed by atoms with E-state index in [0.717, 1.165) is 51.0 Å². The molecule has 2 aliphatic heterocycles. The van der Waals surface area contributed by atoms with Crippen molar-refractivity contribution in [2.45, 2.75) is 6.04 Å². The lowest BCUT2D eigenvalue weighted by Gasteiger charge is -2.43. The minimum Gasteiger partial charge on any atom is -0.493 e. The van der Waals surface area contributed by atoms with E-state index in [1.54, 1.807) is 7.11 Å². The molecule has 1 aromatic rings. The first-order valence-electron chi connectivity index (χ1n) is 6.44. The molecule has 0 N–H and O–H groups in total. The molecule has 0 unspecified atom stereocenters. The van der Waals surface area contributed by atoms with E-state index < -0.39 is 0 Å². The predicted octanol–water partition coefficient (Wildman–Crippen LogP) is 0.611. The lowest BCUT2D eigenvalue weighted by atomic mass is 10.2. The molecular weight excluding hydrogens is 230 g/mol. The van der Waals surface area contributed by atoms with Crippen LogP contribution in [0.25, 0.3) is 0 Å². The van der Waals surface area contributed by atoms with Gasteiger partial charge in [0.25, 0.3) is 0 Å². The molecule has 0 saturated carbocycles. The van der Waals surface area contributed by atoms with Gasteiger partial charge in [0.2, 0.25) is 0 Å². The van der Waals surface area contributed by atoms with Crippen LogP contribution in [0.15, 0.2) is 18.3 Å². The van der Waals surface area contributed by atoms with E-state index in [2.05, 4.69) is 14.8 Å². The Morgan fingerprint density at radius 3 is 2.67 bits per heavy atom. The van der Waals surface area contributed by atoms with Crippen molar-refractivity contribution in [1.29, 1.82) is 0 Å². The summed E-state index contributed by atoms with van der Waals surface area (Å²) in [6, 6.07) is 4.51. The van der Waals surface area contributed by atoms with E-state index >= 15 is 0 Å². The van der Waals surface area contributed by atoms with Crippen molar-refractivity contribution in [2.75, 3.05) is 51.4 Å². The van der Waals surface area contributed by atoms with Crippen molar-refractivity contribution in [2.24, 2.45) is 0 Å². The van der Waals surface area contributed by atoms with Crippen LogP contribution in [-0.4, -0.2) is 62.4 Å². The van der Waals surface area contributed by atoms with Crippen LogP contribution in [0.3, 0.4) is 0 Å². The summed E-state index contributed by atoms with van der Waals surface area (Å²) >= 11 is 0. The average Bonchev–Trinajstić information content (AvgIpc) is 2.38. The number of nitrogens with zero attached hydrogens (tertiary/aromatic N) is 3. The standard InChI is InChI=1S/C13H19N3O2/c1-17-12-3-2-4-14-13(12)16-7-5-15(6-8-16)11-9-18-10-11/h2-4,11H,5-10H2,1H3. The summed E-state index contributed by atoms with van der Waals surface area (Å²) in [6.45, 7) is 5.95. The van der Waals surface area contributed by atoms with Gasteiger partial charge in [-0.05, 0) is 12.1 Å². The van der Waals surface area contributed by atoms with Crippen LogP contribution < -0.4 is 9.64 Å². The van der Waals surface area contributed by atoms with Gasteiger partial charge in [-0.25, -0.2) is 4.98 Å². The van der Waals surface area contributed by atoms with Crippen molar-refractivity contribution in [1.82, 2.24) is 9.88 Å². The molecule has 5 nitrogen and oxygen atoms in total. The molecule has 0 radical (unpaired) electrons. The molecule has 5 heteroatoms. The summed E-state index contributed by atoms with van der Waals surface area (Å²) in [5, 5.41) is 0. The fourth-order valence-electron chi connectivity index (χ4n) is 2.51. The molecule has 3 rings (SSSR count). The number of aromatic nitrogens is 1. The van der Waals surface area contributed by atoms with Crippen molar-refractivity contribution in [3.63, 3.8) is 0 Å². The highest BCUT2D eigenvalue weighted by Gasteiger charge is 2.29. The molecule has 18 heavy (non-hydrogen) atoms. The van der Waals surface area contributed by atoms with Crippen molar-refractivity contribution >= 4 is 5.82 Å². The second kappa shape index (κ2) is 5.12. The zero-order chi connectivity index (χ0) is 12.4. The van der Waals surface area contributed by atoms with E-state index in [9.17, 15) is 0 Å². The first kappa shape index (κ1) is 11.7. The molecule has 2 saturated heterocycles. The Hall–Kier alpha value is -1.33. The van der Waals surface area contributed by atoms with Gasteiger partial charge in [0, 0.05) is 32.4 Å². The number of rotatable bonds is 3. The second-order valence-corrected chi connectivity index (χ2v) is 4.74. The fourth-order valence-corrected chi connectivity index (χ4v) is 2.51. The van der Waals surface area contributed by atoms with Crippen LogP contribution in [0.2, 0.25) is 0 Å². The number of hydrogen-bond acceptors (Lipinski definition) is 5. The van der Waals surface area contributed by atoms with Gasteiger partial charge in [-0.15, -0.1) is 0 Å². The van der Waals surface area contributed by atoms with Gasteiger partial charge in [0.1, 0.15) is 0 Å². The molecule has 0 bridgehead atoms. The highest BCUT2D eigenvalue weighted by molar-refractivity contribution is 5.52. The van der Waals surface area contributed by atoms with E-state index in [0.29, 0.717) is 6.04 Å². The predicted molar refractivity (Wildman–Crippen MR) is 69.2 cm³/mol. The maximum Gasteiger partial charge on any atom is 0.171 e. The first-order chi connectivity index (χ1) is 8.88. The Bertz CT molecular complexity index is 401. The lowest BCUT2D eigenvalue weighted by molar-refractivity contribution is -0.0661. The van der Waals surface area contributed by atoms with Gasteiger partial charge in [0.05, 0.1) is 26.4 Å². The summed E-state index contributed by atoms with van der Waals surface area (Å²) in [5.74, 6) is 1.82. The molecule has 0 aromatic carbocycles. The van der Waals surface area contributed by atoms with Gasteiger partial charge in [0.15, 0.2) is 11.6 Å². The van der Waals surface area contributed by atoms with Crippen molar-refractivity contribution in [3.05, 3.63) is 18.3 Å². The zero-order valence-electron chi connectivity index (χ0n) is 10.7. The van der Waals surface area contributed by atoms with E-state index in [-0.39, 0.29) is 0 Å². The van der Waals surface area contributed by atoms with Crippen LogP contribution in [0, 0.1) is 0 Å². The molecule has 1 aromatic heterocycles. The lowest BCUT2D eigenvalue weighted by Crippen LogP contribution is -2.56. The molecule has 98 valence electrons. The van der Waals surface area contributed by atoms with Crippen LogP contribution in [0.1, 0.15) is 0 Å². The highest BCUT2D eigenvalue weighted by atomic mass is 16.5. The van der Waals surface area contributed by atoms with Crippen LogP contribution in [0.5, 0.6) is 5.75 Å². The largest absolute Gasteiger partial charge is 0.493 e. The molecule has 3 heterocycles. The molecular formula is C13H19N3O2. The van der Waals surface area contributed by atoms with Crippen LogP contribution >= 0.6 is 0 Å². The smallest absolute Gasteiger partial charge is 0.171 e. The van der Waals surface area contributed by atoms with Crippen LogP contribution in [-0.2, 0) is 4.74 Å². The Morgan fingerprint density at radius 1 is 1.28 bits per heavy atom. The quantitative estimate of drug-likeness (QED) is 0.784. The molecule has 0 atom stereocenters. The molecule has 2 fully saturated rings. The van der Waals surface area contributed by atoms with E-state index in [1.807, 2.05) is 18.3 Å². The molecule has 2 aliphatic rings. The maximum atomic E-state index is 5.37. The number of piperazine rings is 1. The van der Waals surface area contributed by atoms with Crippen molar-refractivity contribution in [3.8, 4) is 5.75 Å². The summed E-state index contributed by atoms with van der Waals surface area (Å²) in [4.78, 5) is 9.24. The molecule has 0 amide bonds. The SMILES string of the molecule is COc1cccnc1N1CCN(C2COC2)CC1. The molecule has 0 aliphatic carbocycles. The monoisotopic (exact) mass is 249 g/mol. The average molecular weight is 249 g/mol. The molecule has 0 spiro atoms. The normalized spacial score (nSPS) is 21.7. The van der Waals surface area contributed by atoms with Gasteiger partial charge < -0.3 is 14.4 Å². The van der Waals surface area contributed by atoms with E-state index in [4.69, 9.17) is 9.47 Å². The summed E-state index contributed by atoms with van der Waals surface area (Å²) in [7, 11) is 1.70. The summed E-state index contributed by atoms with van der Waals surface area (Å²) < 4.78 is 10.6. The second-order valence-electron chi connectivity index (χ2n) is 4.74. The summed E-state index contributed by atoms with van der Waals surface area (Å²) in [6.07, 6.45) is 1.82. The zero-order valence-corrected chi connectivity index (χ0v) is 10.7. The Morgan fingerprint density at radius 2 is 2.06 bits per heavy atom. The first-order valence-corrected chi connectivity index (χ1v) is 6.44. The Labute approximate surface area is 107 Å². The highest BCUT2D eigenvalue weighted by Crippen LogP contribution is 2.26. The number of anilines is 1. The topological polar surface area (TPSA) is 37.8 Å².